The summed E-state index contributed by atoms with van der Waals surface area (Å²) in [7, 11) is 1.71. The average molecular weight is 444 g/mol. The van der Waals surface area contributed by atoms with Crippen LogP contribution < -0.4 is 10.6 Å². The molecular formula is C13H20BrFIN3. The quantitative estimate of drug-likeness (QED) is 0.415. The van der Waals surface area contributed by atoms with Crippen LogP contribution in [0.4, 0.5) is 4.39 Å². The van der Waals surface area contributed by atoms with E-state index in [-0.39, 0.29) is 35.3 Å². The van der Waals surface area contributed by atoms with Gasteiger partial charge in [0, 0.05) is 23.6 Å². The Hall–Kier alpha value is -0.370. The van der Waals surface area contributed by atoms with Crippen LogP contribution in [0.1, 0.15) is 26.3 Å². The van der Waals surface area contributed by atoms with Gasteiger partial charge in [-0.25, -0.2) is 4.39 Å². The van der Waals surface area contributed by atoms with Crippen LogP contribution in [0.2, 0.25) is 0 Å². The van der Waals surface area contributed by atoms with Crippen LogP contribution in [0.3, 0.4) is 0 Å². The van der Waals surface area contributed by atoms with Crippen molar-refractivity contribution in [2.75, 3.05) is 7.05 Å². The molecule has 0 bridgehead atoms. The summed E-state index contributed by atoms with van der Waals surface area (Å²) in [6.45, 7) is 6.67. The first-order valence-electron chi connectivity index (χ1n) is 5.74. The lowest BCUT2D eigenvalue weighted by atomic mass is 10.1. The van der Waals surface area contributed by atoms with Crippen molar-refractivity contribution >= 4 is 45.9 Å². The molecule has 0 heterocycles. The smallest absolute Gasteiger partial charge is 0.191 e. The maximum absolute atomic E-state index is 13.1. The minimum Gasteiger partial charge on any atom is -0.352 e. The van der Waals surface area contributed by atoms with Gasteiger partial charge in [-0.3, -0.25) is 4.99 Å². The summed E-state index contributed by atoms with van der Waals surface area (Å²) in [5.74, 6) is 0.451. The van der Waals surface area contributed by atoms with Crippen LogP contribution in [0.25, 0.3) is 0 Å². The van der Waals surface area contributed by atoms with Gasteiger partial charge in [0.05, 0.1) is 0 Å². The summed E-state index contributed by atoms with van der Waals surface area (Å²) >= 11 is 3.40. The van der Waals surface area contributed by atoms with Gasteiger partial charge in [0.15, 0.2) is 5.96 Å². The third kappa shape index (κ3) is 7.10. The molecule has 3 nitrogen and oxygen atoms in total. The highest BCUT2D eigenvalue weighted by molar-refractivity contribution is 14.0. The molecule has 0 aliphatic carbocycles. The maximum atomic E-state index is 13.1. The standard InChI is InChI=1S/C13H19BrFN3.HI/c1-13(2,3)18-12(16-4)17-8-9-7-10(15)5-6-11(9)14;/h5-7H,8H2,1-4H3,(H2,16,17,18);1H. The normalized spacial score (nSPS) is 11.8. The summed E-state index contributed by atoms with van der Waals surface area (Å²) in [5, 5.41) is 6.39. The number of hydrogen-bond donors (Lipinski definition) is 2. The molecule has 0 aliphatic rings. The molecule has 19 heavy (non-hydrogen) atoms. The van der Waals surface area contributed by atoms with Crippen molar-refractivity contribution in [1.82, 2.24) is 10.6 Å². The monoisotopic (exact) mass is 443 g/mol. The predicted molar refractivity (Wildman–Crippen MR) is 92.6 cm³/mol. The van der Waals surface area contributed by atoms with Crippen molar-refractivity contribution in [3.05, 3.63) is 34.1 Å². The number of nitrogens with zero attached hydrogens (tertiary/aromatic N) is 1. The van der Waals surface area contributed by atoms with E-state index >= 15 is 0 Å². The second kappa shape index (κ2) is 8.04. The van der Waals surface area contributed by atoms with Crippen LogP contribution in [-0.2, 0) is 6.54 Å². The van der Waals surface area contributed by atoms with Gasteiger partial charge in [-0.2, -0.15) is 0 Å². The van der Waals surface area contributed by atoms with Crippen molar-refractivity contribution < 1.29 is 4.39 Å². The molecule has 0 fully saturated rings. The van der Waals surface area contributed by atoms with E-state index in [1.807, 2.05) is 0 Å². The van der Waals surface area contributed by atoms with Crippen LogP contribution in [0.15, 0.2) is 27.7 Å². The average Bonchev–Trinajstić information content (AvgIpc) is 2.27. The Labute approximate surface area is 139 Å². The van der Waals surface area contributed by atoms with Gasteiger partial charge >= 0.3 is 0 Å². The van der Waals surface area contributed by atoms with Crippen molar-refractivity contribution in [2.45, 2.75) is 32.9 Å². The summed E-state index contributed by atoms with van der Waals surface area (Å²) in [4.78, 5) is 4.13. The van der Waals surface area contributed by atoms with E-state index in [1.54, 1.807) is 13.1 Å². The first-order chi connectivity index (χ1) is 8.31. The zero-order chi connectivity index (χ0) is 13.8. The SMILES string of the molecule is CN=C(NCc1cc(F)ccc1Br)NC(C)(C)C.I. The van der Waals surface area contributed by atoms with Crippen molar-refractivity contribution in [2.24, 2.45) is 4.99 Å². The molecule has 0 aromatic heterocycles. The van der Waals surface area contributed by atoms with E-state index in [0.29, 0.717) is 12.5 Å². The topological polar surface area (TPSA) is 36.4 Å². The number of halogens is 3. The van der Waals surface area contributed by atoms with Crippen molar-refractivity contribution in [1.29, 1.82) is 0 Å². The van der Waals surface area contributed by atoms with Gasteiger partial charge in [0.1, 0.15) is 5.82 Å². The first kappa shape index (κ1) is 18.6. The molecule has 0 saturated heterocycles. The molecule has 6 heteroatoms. The zero-order valence-corrected chi connectivity index (χ0v) is 15.5. The summed E-state index contributed by atoms with van der Waals surface area (Å²) < 4.78 is 14.0. The van der Waals surface area contributed by atoms with Gasteiger partial charge in [-0.1, -0.05) is 15.9 Å². The number of nitrogens with one attached hydrogen (secondary N) is 2. The molecule has 0 radical (unpaired) electrons. The lowest BCUT2D eigenvalue weighted by Crippen LogP contribution is -2.47. The zero-order valence-electron chi connectivity index (χ0n) is 11.6. The molecule has 0 atom stereocenters. The highest BCUT2D eigenvalue weighted by atomic mass is 127. The highest BCUT2D eigenvalue weighted by Gasteiger charge is 2.12. The fourth-order valence-corrected chi connectivity index (χ4v) is 1.78. The fourth-order valence-electron chi connectivity index (χ4n) is 1.39. The molecular weight excluding hydrogens is 424 g/mol. The van der Waals surface area contributed by atoms with E-state index in [4.69, 9.17) is 0 Å². The Kier molecular flexibility index (Phi) is 7.88. The highest BCUT2D eigenvalue weighted by Crippen LogP contribution is 2.17. The minimum atomic E-state index is -0.242. The van der Waals surface area contributed by atoms with Gasteiger partial charge in [-0.15, -0.1) is 24.0 Å². The molecule has 0 amide bonds. The molecule has 108 valence electrons. The van der Waals surface area contributed by atoms with Gasteiger partial charge in [0.2, 0.25) is 0 Å². The Balaban J connectivity index is 0.00000324. The van der Waals surface area contributed by atoms with E-state index in [0.717, 1.165) is 10.0 Å². The van der Waals surface area contributed by atoms with Crippen LogP contribution in [-0.4, -0.2) is 18.5 Å². The van der Waals surface area contributed by atoms with Crippen LogP contribution >= 0.6 is 39.9 Å². The Morgan fingerprint density at radius 2 is 2.00 bits per heavy atom. The third-order valence-corrected chi connectivity index (χ3v) is 2.94. The van der Waals surface area contributed by atoms with Crippen molar-refractivity contribution in [3.8, 4) is 0 Å². The lowest BCUT2D eigenvalue weighted by Gasteiger charge is -2.23. The van der Waals surface area contributed by atoms with E-state index in [9.17, 15) is 4.39 Å². The molecule has 0 aliphatic heterocycles. The number of aliphatic imine (C=N–C) groups is 1. The number of rotatable bonds is 2. The molecule has 1 rings (SSSR count). The van der Waals surface area contributed by atoms with Gasteiger partial charge in [0.25, 0.3) is 0 Å². The third-order valence-electron chi connectivity index (χ3n) is 2.17. The van der Waals surface area contributed by atoms with Crippen molar-refractivity contribution in [3.63, 3.8) is 0 Å². The first-order valence-corrected chi connectivity index (χ1v) is 6.54. The second-order valence-electron chi connectivity index (χ2n) is 5.04. The minimum absolute atomic E-state index is 0. The van der Waals surface area contributed by atoms with E-state index < -0.39 is 0 Å². The predicted octanol–water partition coefficient (Wildman–Crippen LogP) is 3.67. The van der Waals surface area contributed by atoms with Gasteiger partial charge in [-0.05, 0) is 44.5 Å². The lowest BCUT2D eigenvalue weighted by molar-refractivity contribution is 0.501. The van der Waals surface area contributed by atoms with E-state index in [2.05, 4.69) is 52.3 Å². The number of benzene rings is 1. The maximum Gasteiger partial charge on any atom is 0.191 e. The molecule has 1 aromatic carbocycles. The Bertz CT molecular complexity index is 444. The summed E-state index contributed by atoms with van der Waals surface area (Å²) in [5.41, 5.74) is 0.785. The number of guanidine groups is 1. The second-order valence-corrected chi connectivity index (χ2v) is 5.89. The number of hydrogen-bond acceptors (Lipinski definition) is 1. The summed E-state index contributed by atoms with van der Waals surface area (Å²) in [6.07, 6.45) is 0. The molecule has 0 saturated carbocycles. The van der Waals surface area contributed by atoms with Gasteiger partial charge < -0.3 is 10.6 Å². The van der Waals surface area contributed by atoms with Crippen LogP contribution in [0.5, 0.6) is 0 Å². The fraction of sp³-hybridized carbons (Fsp3) is 0.462. The largest absolute Gasteiger partial charge is 0.352 e. The summed E-state index contributed by atoms with van der Waals surface area (Å²) in [6, 6.07) is 4.63. The molecule has 1 aromatic rings. The Morgan fingerprint density at radius 1 is 1.37 bits per heavy atom. The van der Waals surface area contributed by atoms with E-state index in [1.165, 1.54) is 12.1 Å². The molecule has 2 N–H and O–H groups in total. The molecule has 0 spiro atoms. The van der Waals surface area contributed by atoms with Crippen LogP contribution in [0, 0.1) is 5.82 Å². The molecule has 0 unspecified atom stereocenters. The Morgan fingerprint density at radius 3 is 2.53 bits per heavy atom.